The number of amides is 4. The Morgan fingerprint density at radius 2 is 1.56 bits per heavy atom. The highest BCUT2D eigenvalue weighted by atomic mass is 32.1. The molecule has 0 unspecified atom stereocenters. The normalized spacial score (nSPS) is 11.9. The number of carbonyl (C=O) groups excluding carboxylic acids is 4. The molecule has 0 aliphatic rings. The van der Waals surface area contributed by atoms with Gasteiger partial charge in [-0.3, -0.25) is 33.9 Å². The van der Waals surface area contributed by atoms with Crippen LogP contribution < -0.4 is 26.3 Å². The topological polar surface area (TPSA) is 279 Å². The van der Waals surface area contributed by atoms with Crippen molar-refractivity contribution in [3.63, 3.8) is 0 Å². The average Bonchev–Trinajstić information content (AvgIpc) is 3.93. The Labute approximate surface area is 327 Å². The lowest BCUT2D eigenvalue weighted by Gasteiger charge is -2.12. The molecule has 0 atom stereocenters. The lowest BCUT2D eigenvalue weighted by Crippen LogP contribution is -2.18. The van der Waals surface area contributed by atoms with Gasteiger partial charge in [0.25, 0.3) is 5.91 Å². The number of nitrogens with one attached hydrogen (secondary N) is 1. The number of hydrogen-bond acceptors (Lipinski definition) is 13. The van der Waals surface area contributed by atoms with Crippen molar-refractivity contribution in [2.45, 2.75) is 66.5 Å². The number of pyridine rings is 1. The number of ether oxygens (including phenoxy) is 1. The van der Waals surface area contributed by atoms with Gasteiger partial charge in [-0.1, -0.05) is 37.3 Å². The summed E-state index contributed by atoms with van der Waals surface area (Å²) in [4.78, 5) is 84.6. The van der Waals surface area contributed by atoms with Gasteiger partial charge in [-0.15, -0.1) is 0 Å². The number of fused-ring (bicyclic) bond motifs is 2. The van der Waals surface area contributed by atoms with Crippen LogP contribution in [-0.2, 0) is 30.7 Å². The lowest BCUT2D eigenvalue weighted by molar-refractivity contribution is -0.137. The van der Waals surface area contributed by atoms with Gasteiger partial charge in [0.05, 0.1) is 33.8 Å². The molecule has 0 fully saturated rings. The number of oxazole rings is 2. The molecule has 0 aliphatic heterocycles. The SMILES string of the molecule is CCc1nc(C)oc1C(=O)N=c1sc2cc(C(N)=O)cnc2n1C/C=C/Cn1c(NC(=O)c2oc(C)nc2CC)nc2cc(C(N)=O)cc(OCCCC(=O)O)c21. The molecule has 57 heavy (non-hydrogen) atoms. The Bertz CT molecular complexity index is 2660. The number of aliphatic carboxylic acids is 1. The van der Waals surface area contributed by atoms with Crippen LogP contribution in [0.15, 0.2) is 50.4 Å². The molecule has 19 nitrogen and oxygen atoms in total. The van der Waals surface area contributed by atoms with E-state index < -0.39 is 29.6 Å². The third-order valence-corrected chi connectivity index (χ3v) is 9.55. The number of benzene rings is 1. The first-order valence-electron chi connectivity index (χ1n) is 17.7. The average molecular weight is 799 g/mol. The summed E-state index contributed by atoms with van der Waals surface area (Å²) >= 11 is 1.13. The summed E-state index contributed by atoms with van der Waals surface area (Å²) in [5.74, 6) is -2.76. The van der Waals surface area contributed by atoms with Gasteiger partial charge in [0.1, 0.15) is 11.3 Å². The number of nitrogens with two attached hydrogens (primary N) is 2. The van der Waals surface area contributed by atoms with Crippen molar-refractivity contribution in [3.8, 4) is 5.75 Å². The van der Waals surface area contributed by atoms with Crippen molar-refractivity contribution in [1.29, 1.82) is 0 Å². The second kappa shape index (κ2) is 16.8. The van der Waals surface area contributed by atoms with Crippen LogP contribution in [0.5, 0.6) is 5.75 Å². The van der Waals surface area contributed by atoms with Crippen LogP contribution in [0, 0.1) is 13.8 Å². The summed E-state index contributed by atoms with van der Waals surface area (Å²) in [6, 6.07) is 4.45. The standard InChI is InChI=1S/C37H38N10O9S/c1-5-22-29(55-18(3)41-22)34(52)44-36-43-24-14-20(31(38)50)15-25(54-13-9-10-27(48)49)28(24)46(36)11-7-8-12-47-33-26(16-21(17-40-33)32(39)51)57-37(47)45-35(53)30-23(6-2)42-19(4)56-30/h7-8,14-17H,5-6,9-13H2,1-4H3,(H2,38,50)(H2,39,51)(H,48,49)(H,43,44,52)/b8-7+,45-37?. The second-order valence-corrected chi connectivity index (χ2v) is 13.6. The van der Waals surface area contributed by atoms with Crippen molar-refractivity contribution in [2.24, 2.45) is 16.5 Å². The zero-order valence-electron chi connectivity index (χ0n) is 31.3. The molecule has 0 saturated heterocycles. The number of carbonyl (C=O) groups is 5. The van der Waals surface area contributed by atoms with E-state index >= 15 is 0 Å². The fourth-order valence-electron chi connectivity index (χ4n) is 5.92. The number of imidazole rings is 1. The number of nitrogens with zero attached hydrogens (tertiary/aromatic N) is 7. The van der Waals surface area contributed by atoms with Crippen LogP contribution in [0.1, 0.15) is 91.7 Å². The number of allylic oxidation sites excluding steroid dienone is 2. The van der Waals surface area contributed by atoms with Crippen LogP contribution in [0.4, 0.5) is 5.95 Å². The van der Waals surface area contributed by atoms with Crippen LogP contribution >= 0.6 is 11.3 Å². The van der Waals surface area contributed by atoms with Gasteiger partial charge >= 0.3 is 11.9 Å². The largest absolute Gasteiger partial charge is 0.491 e. The Morgan fingerprint density at radius 1 is 0.912 bits per heavy atom. The molecule has 20 heteroatoms. The van der Waals surface area contributed by atoms with Crippen LogP contribution in [0.3, 0.4) is 0 Å². The highest BCUT2D eigenvalue weighted by Crippen LogP contribution is 2.32. The summed E-state index contributed by atoms with van der Waals surface area (Å²) in [5, 5.41) is 11.9. The highest BCUT2D eigenvalue weighted by molar-refractivity contribution is 7.16. The molecule has 0 spiro atoms. The van der Waals surface area contributed by atoms with Gasteiger partial charge in [-0.05, 0) is 37.5 Å². The molecule has 4 amide bonds. The van der Waals surface area contributed by atoms with E-state index in [1.807, 2.05) is 13.8 Å². The maximum absolute atomic E-state index is 13.6. The third kappa shape index (κ3) is 8.64. The number of carboxylic acids is 1. The van der Waals surface area contributed by atoms with Gasteiger partial charge in [0, 0.05) is 45.1 Å². The van der Waals surface area contributed by atoms with Gasteiger partial charge < -0.3 is 34.7 Å². The molecule has 5 heterocycles. The van der Waals surface area contributed by atoms with E-state index in [2.05, 4.69) is 30.2 Å². The minimum absolute atomic E-state index is 0.00570. The zero-order valence-corrected chi connectivity index (χ0v) is 32.1. The van der Waals surface area contributed by atoms with Crippen molar-refractivity contribution in [3.05, 3.63) is 87.2 Å². The number of carboxylic acid groups (broad SMARTS) is 1. The zero-order chi connectivity index (χ0) is 41.0. The number of aromatic nitrogens is 6. The minimum Gasteiger partial charge on any atom is -0.491 e. The summed E-state index contributed by atoms with van der Waals surface area (Å²) in [6.45, 7) is 7.15. The number of anilines is 1. The first-order valence-corrected chi connectivity index (χ1v) is 18.5. The van der Waals surface area contributed by atoms with E-state index in [0.717, 1.165) is 11.3 Å². The number of primary amides is 2. The smallest absolute Gasteiger partial charge is 0.317 e. The molecule has 6 rings (SSSR count). The summed E-state index contributed by atoms with van der Waals surface area (Å²) < 4.78 is 21.0. The number of thiazole rings is 1. The summed E-state index contributed by atoms with van der Waals surface area (Å²) in [6.07, 6.45) is 5.78. The van der Waals surface area contributed by atoms with Crippen molar-refractivity contribution < 1.29 is 42.7 Å². The van der Waals surface area contributed by atoms with Crippen molar-refractivity contribution >= 4 is 68.3 Å². The first-order chi connectivity index (χ1) is 27.3. The van der Waals surface area contributed by atoms with Crippen molar-refractivity contribution in [2.75, 3.05) is 11.9 Å². The predicted octanol–water partition coefficient (Wildman–Crippen LogP) is 3.86. The van der Waals surface area contributed by atoms with Gasteiger partial charge in [-0.25, -0.2) is 19.9 Å². The van der Waals surface area contributed by atoms with Gasteiger partial charge in [0.15, 0.2) is 22.2 Å². The predicted molar refractivity (Wildman–Crippen MR) is 205 cm³/mol. The molecular weight excluding hydrogens is 761 g/mol. The maximum atomic E-state index is 13.6. The second-order valence-electron chi connectivity index (χ2n) is 12.6. The Morgan fingerprint density at radius 3 is 2.21 bits per heavy atom. The van der Waals surface area contributed by atoms with E-state index in [4.69, 9.17) is 30.1 Å². The summed E-state index contributed by atoms with van der Waals surface area (Å²) in [5.41, 5.74) is 13.4. The molecule has 0 bridgehead atoms. The third-order valence-electron chi connectivity index (χ3n) is 8.53. The Hall–Kier alpha value is -6.96. The molecule has 0 saturated carbocycles. The molecule has 1 aromatic carbocycles. The van der Waals surface area contributed by atoms with Gasteiger partial charge in [-0.2, -0.15) is 4.99 Å². The van der Waals surface area contributed by atoms with E-state index in [-0.39, 0.29) is 77.2 Å². The lowest BCUT2D eigenvalue weighted by atomic mass is 10.1. The minimum atomic E-state index is -0.997. The summed E-state index contributed by atoms with van der Waals surface area (Å²) in [7, 11) is 0. The molecule has 5 aromatic heterocycles. The fraction of sp³-hybridized carbons (Fsp3) is 0.297. The van der Waals surface area contributed by atoms with Gasteiger partial charge in [0.2, 0.25) is 29.3 Å². The quantitative estimate of drug-likeness (QED) is 0.0801. The molecule has 6 N–H and O–H groups in total. The Balaban J connectivity index is 1.40. The van der Waals surface area contributed by atoms with E-state index in [0.29, 0.717) is 51.9 Å². The van der Waals surface area contributed by atoms with Crippen LogP contribution in [0.2, 0.25) is 0 Å². The Kier molecular flexibility index (Phi) is 11.7. The first kappa shape index (κ1) is 39.7. The fourth-order valence-corrected chi connectivity index (χ4v) is 6.96. The molecule has 0 radical (unpaired) electrons. The van der Waals surface area contributed by atoms with Crippen molar-refractivity contribution in [1.82, 2.24) is 29.1 Å². The van der Waals surface area contributed by atoms with E-state index in [1.54, 1.807) is 41.2 Å². The number of rotatable bonds is 16. The molecule has 6 aromatic rings. The monoisotopic (exact) mass is 798 g/mol. The number of hydrogen-bond donors (Lipinski definition) is 4. The number of aryl methyl sites for hydroxylation is 4. The highest BCUT2D eigenvalue weighted by Gasteiger charge is 2.24. The van der Waals surface area contributed by atoms with E-state index in [9.17, 15) is 24.0 Å². The van der Waals surface area contributed by atoms with Crippen LogP contribution in [-0.4, -0.2) is 70.4 Å². The molecular formula is C37H38N10O9S. The maximum Gasteiger partial charge on any atom is 0.317 e. The molecule has 0 aliphatic carbocycles. The van der Waals surface area contributed by atoms with Crippen LogP contribution in [0.25, 0.3) is 21.4 Å². The molecule has 296 valence electrons. The van der Waals surface area contributed by atoms with E-state index in [1.165, 1.54) is 18.3 Å².